The molecule has 2 heterocycles. The molecule has 0 fully saturated rings. The Balaban J connectivity index is 1.79. The van der Waals surface area contributed by atoms with Crippen molar-refractivity contribution in [3.63, 3.8) is 0 Å². The lowest BCUT2D eigenvalue weighted by atomic mass is 9.90. The number of fused-ring (bicyclic) bond motifs is 2. The van der Waals surface area contributed by atoms with Gasteiger partial charge in [-0.2, -0.15) is 0 Å². The van der Waals surface area contributed by atoms with Gasteiger partial charge in [0.2, 0.25) is 0 Å². The van der Waals surface area contributed by atoms with Gasteiger partial charge in [-0.3, -0.25) is 9.78 Å². The number of methoxy groups -OCH3 is 1. The molecule has 28 heavy (non-hydrogen) atoms. The van der Waals surface area contributed by atoms with Gasteiger partial charge < -0.3 is 14.1 Å². The molecule has 1 aliphatic carbocycles. The lowest BCUT2D eigenvalue weighted by Gasteiger charge is -2.37. The molecular formula is C23H26N2O3. The van der Waals surface area contributed by atoms with Crippen LogP contribution in [0.4, 0.5) is 0 Å². The van der Waals surface area contributed by atoms with Crippen LogP contribution < -0.4 is 0 Å². The van der Waals surface area contributed by atoms with Crippen LogP contribution in [0.5, 0.6) is 0 Å². The molecule has 0 bridgehead atoms. The number of furan rings is 1. The third-order valence-corrected chi connectivity index (χ3v) is 5.47. The molecule has 0 spiro atoms. The summed E-state index contributed by atoms with van der Waals surface area (Å²) < 4.78 is 11.4. The van der Waals surface area contributed by atoms with E-state index in [1.807, 2.05) is 55.3 Å². The van der Waals surface area contributed by atoms with Crippen LogP contribution in [0.2, 0.25) is 0 Å². The van der Waals surface area contributed by atoms with Gasteiger partial charge in [-0.1, -0.05) is 24.3 Å². The van der Waals surface area contributed by atoms with Gasteiger partial charge in [0.05, 0.1) is 18.3 Å². The van der Waals surface area contributed by atoms with Crippen LogP contribution in [0.1, 0.15) is 60.1 Å². The van der Waals surface area contributed by atoms with Crippen LogP contribution in [0.25, 0.3) is 11.0 Å². The highest BCUT2D eigenvalue weighted by Gasteiger charge is 2.35. The van der Waals surface area contributed by atoms with Gasteiger partial charge in [-0.15, -0.1) is 0 Å². The van der Waals surface area contributed by atoms with Crippen molar-refractivity contribution in [3.05, 3.63) is 65.2 Å². The maximum absolute atomic E-state index is 13.7. The number of amides is 1. The molecule has 3 aromatic rings. The van der Waals surface area contributed by atoms with Crippen molar-refractivity contribution >= 4 is 16.9 Å². The van der Waals surface area contributed by atoms with Crippen molar-refractivity contribution in [2.45, 2.75) is 51.8 Å². The van der Waals surface area contributed by atoms with Crippen molar-refractivity contribution in [2.75, 3.05) is 7.11 Å². The van der Waals surface area contributed by atoms with Crippen LogP contribution in [-0.4, -0.2) is 28.9 Å². The van der Waals surface area contributed by atoms with Crippen molar-refractivity contribution in [3.8, 4) is 0 Å². The second kappa shape index (κ2) is 7.76. The van der Waals surface area contributed by atoms with Crippen molar-refractivity contribution in [2.24, 2.45) is 0 Å². The summed E-state index contributed by atoms with van der Waals surface area (Å²) in [6.45, 7) is 4.44. The molecule has 0 saturated heterocycles. The van der Waals surface area contributed by atoms with E-state index in [1.165, 1.54) is 5.56 Å². The first-order chi connectivity index (χ1) is 13.6. The predicted octanol–water partition coefficient (Wildman–Crippen LogP) is 4.90. The lowest BCUT2D eigenvalue weighted by molar-refractivity contribution is 0.0540. The van der Waals surface area contributed by atoms with Crippen LogP contribution in [0, 0.1) is 0 Å². The first-order valence-corrected chi connectivity index (χ1v) is 9.87. The van der Waals surface area contributed by atoms with E-state index in [-0.39, 0.29) is 18.0 Å². The van der Waals surface area contributed by atoms with Gasteiger partial charge in [-0.25, -0.2) is 0 Å². The summed E-state index contributed by atoms with van der Waals surface area (Å²) in [6, 6.07) is 11.8. The Labute approximate surface area is 165 Å². The minimum Gasteiger partial charge on any atom is -0.451 e. The highest BCUT2D eigenvalue weighted by molar-refractivity contribution is 5.99. The Morgan fingerprint density at radius 1 is 1.29 bits per heavy atom. The highest BCUT2D eigenvalue weighted by Crippen LogP contribution is 2.36. The van der Waals surface area contributed by atoms with Crippen molar-refractivity contribution in [1.29, 1.82) is 0 Å². The zero-order chi connectivity index (χ0) is 19.7. The summed E-state index contributed by atoms with van der Waals surface area (Å²) in [6.07, 6.45) is 4.79. The summed E-state index contributed by atoms with van der Waals surface area (Å²) in [4.78, 5) is 20.3. The van der Waals surface area contributed by atoms with Crippen molar-refractivity contribution in [1.82, 2.24) is 9.88 Å². The molecule has 1 unspecified atom stereocenters. The van der Waals surface area contributed by atoms with Crippen LogP contribution in [0.15, 0.2) is 47.0 Å². The monoisotopic (exact) mass is 378 g/mol. The Kier molecular flexibility index (Phi) is 5.18. The number of nitrogens with zero attached hydrogens (tertiary/aromatic N) is 2. The largest absolute Gasteiger partial charge is 0.451 e. The zero-order valence-corrected chi connectivity index (χ0v) is 16.6. The van der Waals surface area contributed by atoms with Gasteiger partial charge in [0.1, 0.15) is 5.58 Å². The predicted molar refractivity (Wildman–Crippen MR) is 108 cm³/mol. The van der Waals surface area contributed by atoms with E-state index in [2.05, 4.69) is 11.1 Å². The molecule has 1 aromatic carbocycles. The van der Waals surface area contributed by atoms with Gasteiger partial charge >= 0.3 is 0 Å². The first-order valence-electron chi connectivity index (χ1n) is 9.87. The standard InChI is InChI=1S/C23H26N2O3/c1-15(2)25(19-11-6-8-16-9-7-13-24-21(16)19)23(26)22-18(14-27-3)17-10-4-5-12-20(17)28-22/h4-5,7,9-10,12-13,15,19H,6,8,11,14H2,1-3H3. The normalized spacial score (nSPS) is 16.4. The molecule has 0 aliphatic heterocycles. The first kappa shape index (κ1) is 18.7. The minimum absolute atomic E-state index is 0.0223. The maximum atomic E-state index is 13.7. The number of ether oxygens (including phenoxy) is 1. The fourth-order valence-electron chi connectivity index (χ4n) is 4.27. The molecule has 1 aliphatic rings. The number of para-hydroxylation sites is 1. The Hall–Kier alpha value is -2.66. The topological polar surface area (TPSA) is 55.6 Å². The Morgan fingerprint density at radius 3 is 2.89 bits per heavy atom. The van der Waals surface area contributed by atoms with E-state index in [0.29, 0.717) is 18.0 Å². The minimum atomic E-state index is -0.0956. The fourth-order valence-corrected chi connectivity index (χ4v) is 4.27. The number of rotatable bonds is 5. The van der Waals surface area contributed by atoms with E-state index in [9.17, 15) is 4.79 Å². The maximum Gasteiger partial charge on any atom is 0.290 e. The summed E-state index contributed by atoms with van der Waals surface area (Å²) in [5.41, 5.74) is 3.77. The number of aryl methyl sites for hydroxylation is 1. The van der Waals surface area contributed by atoms with Crippen LogP contribution >= 0.6 is 0 Å². The van der Waals surface area contributed by atoms with E-state index >= 15 is 0 Å². The lowest BCUT2D eigenvalue weighted by Crippen LogP contribution is -2.42. The molecule has 0 radical (unpaired) electrons. The van der Waals surface area contributed by atoms with Gasteiger partial charge in [0.15, 0.2) is 5.76 Å². The van der Waals surface area contributed by atoms with Crippen LogP contribution in [0.3, 0.4) is 0 Å². The third kappa shape index (κ3) is 3.20. The SMILES string of the molecule is COCc1c(C(=O)N(C(C)C)C2CCCc3cccnc32)oc2ccccc12. The summed E-state index contributed by atoms with van der Waals surface area (Å²) >= 11 is 0. The Bertz CT molecular complexity index is 992. The molecule has 5 heteroatoms. The number of carbonyl (C=O) groups is 1. The number of hydrogen-bond donors (Lipinski definition) is 0. The van der Waals surface area contributed by atoms with E-state index in [0.717, 1.165) is 35.9 Å². The Morgan fingerprint density at radius 2 is 2.11 bits per heavy atom. The summed E-state index contributed by atoms with van der Waals surface area (Å²) in [5, 5.41) is 0.929. The average Bonchev–Trinajstić information content (AvgIpc) is 3.07. The molecule has 2 aromatic heterocycles. The molecular weight excluding hydrogens is 352 g/mol. The number of benzene rings is 1. The van der Waals surface area contributed by atoms with E-state index in [1.54, 1.807) is 7.11 Å². The molecule has 1 atom stereocenters. The number of aromatic nitrogens is 1. The van der Waals surface area contributed by atoms with Gasteiger partial charge in [0, 0.05) is 30.3 Å². The highest BCUT2D eigenvalue weighted by atomic mass is 16.5. The van der Waals surface area contributed by atoms with Crippen LogP contribution in [-0.2, 0) is 17.8 Å². The van der Waals surface area contributed by atoms with Crippen molar-refractivity contribution < 1.29 is 13.9 Å². The average molecular weight is 378 g/mol. The third-order valence-electron chi connectivity index (χ3n) is 5.47. The molecule has 5 nitrogen and oxygen atoms in total. The molecule has 4 rings (SSSR count). The van der Waals surface area contributed by atoms with E-state index < -0.39 is 0 Å². The second-order valence-corrected chi connectivity index (χ2v) is 7.60. The molecule has 146 valence electrons. The number of carbonyl (C=O) groups excluding carboxylic acids is 1. The number of pyridine rings is 1. The molecule has 0 saturated carbocycles. The molecule has 0 N–H and O–H groups in total. The van der Waals surface area contributed by atoms with Gasteiger partial charge in [-0.05, 0) is 50.8 Å². The second-order valence-electron chi connectivity index (χ2n) is 7.60. The van der Waals surface area contributed by atoms with E-state index in [4.69, 9.17) is 9.15 Å². The summed E-state index contributed by atoms with van der Waals surface area (Å²) in [7, 11) is 1.64. The molecule has 1 amide bonds. The number of hydrogen-bond acceptors (Lipinski definition) is 4. The summed E-state index contributed by atoms with van der Waals surface area (Å²) in [5.74, 6) is 0.279. The fraction of sp³-hybridized carbons (Fsp3) is 0.391. The quantitative estimate of drug-likeness (QED) is 0.633. The van der Waals surface area contributed by atoms with Gasteiger partial charge in [0.25, 0.3) is 5.91 Å². The smallest absolute Gasteiger partial charge is 0.290 e. The zero-order valence-electron chi connectivity index (χ0n) is 16.6.